The maximum Gasteiger partial charge on any atom is 0.273 e. The molecule has 0 spiro atoms. The number of hydrogen-bond donors (Lipinski definition) is 2. The van der Waals surface area contributed by atoms with E-state index >= 15 is 0 Å². The first-order valence-electron chi connectivity index (χ1n) is 7.93. The van der Waals surface area contributed by atoms with Crippen LogP contribution in [0.15, 0.2) is 48.5 Å². The predicted molar refractivity (Wildman–Crippen MR) is 94.3 cm³/mol. The Hall–Kier alpha value is -3.15. The Morgan fingerprint density at radius 2 is 2.00 bits per heavy atom. The number of anilines is 1. The van der Waals surface area contributed by atoms with Crippen molar-refractivity contribution in [1.29, 1.82) is 0 Å². The largest absolute Gasteiger partial charge is 0.494 e. The van der Waals surface area contributed by atoms with Crippen LogP contribution in [0.25, 0.3) is 11.3 Å². The highest BCUT2D eigenvalue weighted by Crippen LogP contribution is 2.22. The number of nitrogens with one attached hydrogen (secondary N) is 2. The van der Waals surface area contributed by atoms with Crippen molar-refractivity contribution in [2.75, 3.05) is 11.9 Å². The van der Waals surface area contributed by atoms with Crippen molar-refractivity contribution in [3.8, 4) is 17.0 Å². The highest BCUT2D eigenvalue weighted by molar-refractivity contribution is 6.03. The number of benzene rings is 2. The van der Waals surface area contributed by atoms with Crippen LogP contribution in [0.5, 0.6) is 5.75 Å². The lowest BCUT2D eigenvalue weighted by Gasteiger charge is -2.07. The maximum atomic E-state index is 13.6. The fraction of sp³-hybridized carbons (Fsp3) is 0.158. The molecule has 5 nitrogen and oxygen atoms in total. The highest BCUT2D eigenvalue weighted by atomic mass is 19.1. The van der Waals surface area contributed by atoms with E-state index in [2.05, 4.69) is 15.5 Å². The minimum Gasteiger partial charge on any atom is -0.494 e. The second kappa shape index (κ2) is 7.17. The van der Waals surface area contributed by atoms with Gasteiger partial charge >= 0.3 is 0 Å². The molecular formula is C19H18FN3O2. The van der Waals surface area contributed by atoms with Gasteiger partial charge in [-0.05, 0) is 56.3 Å². The van der Waals surface area contributed by atoms with E-state index in [1.54, 1.807) is 25.1 Å². The summed E-state index contributed by atoms with van der Waals surface area (Å²) in [6, 6.07) is 13.7. The molecule has 0 fully saturated rings. The van der Waals surface area contributed by atoms with Gasteiger partial charge in [0.15, 0.2) is 0 Å². The second-order valence-electron chi connectivity index (χ2n) is 5.49. The van der Waals surface area contributed by atoms with Crippen LogP contribution in [0.2, 0.25) is 0 Å². The van der Waals surface area contributed by atoms with Gasteiger partial charge in [-0.3, -0.25) is 9.89 Å². The number of carbonyl (C=O) groups excluding carboxylic acids is 1. The molecule has 0 aliphatic heterocycles. The molecule has 1 amide bonds. The van der Waals surface area contributed by atoms with Crippen molar-refractivity contribution in [3.05, 3.63) is 65.6 Å². The number of aromatic amines is 1. The maximum absolute atomic E-state index is 13.6. The van der Waals surface area contributed by atoms with E-state index in [4.69, 9.17) is 4.74 Å². The Morgan fingerprint density at radius 1 is 1.24 bits per heavy atom. The molecule has 0 saturated carbocycles. The standard InChI is InChI=1S/C19H18FN3O2/c1-3-25-14-9-7-13(8-10-14)17-11-18(23-22-17)19(24)21-16-6-4-5-15(20)12(16)2/h4-11H,3H2,1-2H3,(H,21,24)(H,22,23). The van der Waals surface area contributed by atoms with Crippen LogP contribution in [-0.2, 0) is 0 Å². The fourth-order valence-electron chi connectivity index (χ4n) is 2.41. The fourth-order valence-corrected chi connectivity index (χ4v) is 2.41. The van der Waals surface area contributed by atoms with Gasteiger partial charge in [-0.25, -0.2) is 4.39 Å². The van der Waals surface area contributed by atoms with Gasteiger partial charge in [-0.1, -0.05) is 6.07 Å². The molecule has 1 heterocycles. The van der Waals surface area contributed by atoms with E-state index in [0.717, 1.165) is 11.3 Å². The van der Waals surface area contributed by atoms with E-state index < -0.39 is 0 Å². The summed E-state index contributed by atoms with van der Waals surface area (Å²) >= 11 is 0. The summed E-state index contributed by atoms with van der Waals surface area (Å²) in [6.07, 6.45) is 0. The van der Waals surface area contributed by atoms with Crippen LogP contribution in [0, 0.1) is 12.7 Å². The van der Waals surface area contributed by atoms with Crippen molar-refractivity contribution < 1.29 is 13.9 Å². The molecule has 3 aromatic rings. The predicted octanol–water partition coefficient (Wildman–Crippen LogP) is 4.18. The minimum absolute atomic E-state index is 0.299. The average Bonchev–Trinajstić information content (AvgIpc) is 3.10. The van der Waals surface area contributed by atoms with Gasteiger partial charge in [0.05, 0.1) is 12.3 Å². The van der Waals surface area contributed by atoms with Crippen LogP contribution in [0.4, 0.5) is 10.1 Å². The number of nitrogens with zero attached hydrogens (tertiary/aromatic N) is 1. The first-order valence-corrected chi connectivity index (χ1v) is 7.93. The number of ether oxygens (including phenoxy) is 1. The summed E-state index contributed by atoms with van der Waals surface area (Å²) < 4.78 is 19.0. The second-order valence-corrected chi connectivity index (χ2v) is 5.49. The Balaban J connectivity index is 1.76. The molecule has 0 atom stereocenters. The molecule has 2 aromatic carbocycles. The molecule has 3 rings (SSSR count). The summed E-state index contributed by atoms with van der Waals surface area (Å²) in [6.45, 7) is 4.14. The van der Waals surface area contributed by atoms with E-state index in [-0.39, 0.29) is 11.7 Å². The minimum atomic E-state index is -0.376. The van der Waals surface area contributed by atoms with E-state index in [9.17, 15) is 9.18 Å². The zero-order valence-electron chi connectivity index (χ0n) is 14.0. The van der Waals surface area contributed by atoms with Gasteiger partial charge in [0.2, 0.25) is 0 Å². The van der Waals surface area contributed by atoms with Crippen molar-refractivity contribution >= 4 is 11.6 Å². The van der Waals surface area contributed by atoms with Crippen molar-refractivity contribution in [1.82, 2.24) is 10.2 Å². The van der Waals surface area contributed by atoms with Gasteiger partial charge in [0.25, 0.3) is 5.91 Å². The highest BCUT2D eigenvalue weighted by Gasteiger charge is 2.13. The van der Waals surface area contributed by atoms with Gasteiger partial charge in [0, 0.05) is 16.8 Å². The number of rotatable bonds is 5. The molecule has 128 valence electrons. The zero-order valence-corrected chi connectivity index (χ0v) is 14.0. The van der Waals surface area contributed by atoms with Crippen LogP contribution in [-0.4, -0.2) is 22.7 Å². The van der Waals surface area contributed by atoms with Gasteiger partial charge in [-0.2, -0.15) is 5.10 Å². The molecule has 0 unspecified atom stereocenters. The summed E-state index contributed by atoms with van der Waals surface area (Å²) in [5.41, 5.74) is 2.63. The third-order valence-corrected chi connectivity index (χ3v) is 3.80. The lowest BCUT2D eigenvalue weighted by Crippen LogP contribution is -2.13. The number of amides is 1. The van der Waals surface area contributed by atoms with Crippen molar-refractivity contribution in [2.24, 2.45) is 0 Å². The van der Waals surface area contributed by atoms with Gasteiger partial charge in [-0.15, -0.1) is 0 Å². The SMILES string of the molecule is CCOc1ccc(-c2cc(C(=O)Nc3cccc(F)c3C)[nH]n2)cc1. The molecule has 2 N–H and O–H groups in total. The summed E-state index contributed by atoms with van der Waals surface area (Å²) in [4.78, 5) is 12.3. The van der Waals surface area contributed by atoms with E-state index in [0.29, 0.717) is 29.2 Å². The third kappa shape index (κ3) is 3.68. The van der Waals surface area contributed by atoms with Gasteiger partial charge < -0.3 is 10.1 Å². The molecular weight excluding hydrogens is 321 g/mol. The molecule has 0 bridgehead atoms. The molecule has 1 aromatic heterocycles. The summed E-state index contributed by atoms with van der Waals surface area (Å²) in [5.74, 6) is 0.0391. The van der Waals surface area contributed by atoms with Gasteiger partial charge in [0.1, 0.15) is 17.3 Å². The monoisotopic (exact) mass is 339 g/mol. The molecule has 0 aliphatic carbocycles. The van der Waals surface area contributed by atoms with E-state index in [1.807, 2.05) is 31.2 Å². The van der Waals surface area contributed by atoms with Crippen molar-refractivity contribution in [3.63, 3.8) is 0 Å². The molecule has 25 heavy (non-hydrogen) atoms. The number of aromatic nitrogens is 2. The third-order valence-electron chi connectivity index (χ3n) is 3.80. The Morgan fingerprint density at radius 3 is 2.72 bits per heavy atom. The molecule has 0 saturated heterocycles. The van der Waals surface area contributed by atoms with Crippen LogP contribution >= 0.6 is 0 Å². The normalized spacial score (nSPS) is 10.5. The molecule has 0 radical (unpaired) electrons. The summed E-state index contributed by atoms with van der Waals surface area (Å²) in [7, 11) is 0. The first kappa shape index (κ1) is 16.7. The Labute approximate surface area is 144 Å². The Kier molecular flexibility index (Phi) is 4.79. The Bertz CT molecular complexity index is 888. The first-order chi connectivity index (χ1) is 12.1. The van der Waals surface area contributed by atoms with Crippen LogP contribution < -0.4 is 10.1 Å². The van der Waals surface area contributed by atoms with E-state index in [1.165, 1.54) is 6.07 Å². The number of carbonyl (C=O) groups is 1. The summed E-state index contributed by atoms with van der Waals surface area (Å²) in [5, 5.41) is 9.56. The molecule has 6 heteroatoms. The lowest BCUT2D eigenvalue weighted by molar-refractivity contribution is 0.102. The number of hydrogen-bond acceptors (Lipinski definition) is 3. The van der Waals surface area contributed by atoms with Crippen LogP contribution in [0.3, 0.4) is 0 Å². The topological polar surface area (TPSA) is 67.0 Å². The quantitative estimate of drug-likeness (QED) is 0.733. The zero-order chi connectivity index (χ0) is 17.8. The average molecular weight is 339 g/mol. The number of H-pyrrole nitrogens is 1. The number of halogens is 1. The molecule has 0 aliphatic rings. The van der Waals surface area contributed by atoms with Crippen LogP contribution in [0.1, 0.15) is 23.0 Å². The van der Waals surface area contributed by atoms with Crippen molar-refractivity contribution in [2.45, 2.75) is 13.8 Å². The smallest absolute Gasteiger partial charge is 0.273 e. The lowest BCUT2D eigenvalue weighted by atomic mass is 10.1.